The molecule has 3 nitrogen and oxygen atoms in total. The van der Waals surface area contributed by atoms with Crippen molar-refractivity contribution in [2.24, 2.45) is 5.92 Å². The van der Waals surface area contributed by atoms with Crippen molar-refractivity contribution in [3.05, 3.63) is 18.0 Å². The largest absolute Gasteiger partial charge is 0.317 e. The number of rotatable bonds is 3. The van der Waals surface area contributed by atoms with Crippen molar-refractivity contribution in [1.82, 2.24) is 15.1 Å². The monoisotopic (exact) mass is 219 g/mol. The zero-order valence-corrected chi connectivity index (χ0v) is 9.86. The third kappa shape index (κ3) is 2.01. The first kappa shape index (κ1) is 10.3. The fraction of sp³-hybridized carbons (Fsp3) is 0.769. The van der Waals surface area contributed by atoms with Crippen LogP contribution in [0.2, 0.25) is 0 Å². The molecular formula is C13H21N3. The van der Waals surface area contributed by atoms with E-state index in [1.54, 1.807) is 0 Å². The molecule has 2 fully saturated rings. The molecule has 1 saturated heterocycles. The molecule has 2 aliphatic rings. The van der Waals surface area contributed by atoms with Gasteiger partial charge in [0.25, 0.3) is 0 Å². The van der Waals surface area contributed by atoms with Crippen molar-refractivity contribution in [2.75, 3.05) is 13.1 Å². The second-order valence-electron chi connectivity index (χ2n) is 5.26. The number of piperidine rings is 1. The Hall–Kier alpha value is -0.830. The lowest BCUT2D eigenvalue weighted by Gasteiger charge is -2.28. The molecule has 0 amide bonds. The Morgan fingerprint density at radius 2 is 2.06 bits per heavy atom. The van der Waals surface area contributed by atoms with E-state index in [0.717, 1.165) is 18.4 Å². The minimum atomic E-state index is 0.740. The predicted molar refractivity (Wildman–Crippen MR) is 64.4 cm³/mol. The summed E-state index contributed by atoms with van der Waals surface area (Å²) in [4.78, 5) is 0. The quantitative estimate of drug-likeness (QED) is 0.844. The lowest BCUT2D eigenvalue weighted by Crippen LogP contribution is -2.28. The number of nitrogens with zero attached hydrogens (tertiary/aromatic N) is 2. The molecule has 1 saturated carbocycles. The van der Waals surface area contributed by atoms with Crippen molar-refractivity contribution in [2.45, 2.75) is 44.6 Å². The first-order chi connectivity index (χ1) is 7.93. The summed E-state index contributed by atoms with van der Waals surface area (Å²) in [5, 5.41) is 7.94. The van der Waals surface area contributed by atoms with Gasteiger partial charge in [-0.15, -0.1) is 0 Å². The molecule has 0 spiro atoms. The average molecular weight is 219 g/mol. The Bertz CT molecular complexity index is 335. The number of nitrogens with one attached hydrogen (secondary N) is 1. The second kappa shape index (κ2) is 4.58. The van der Waals surface area contributed by atoms with Crippen LogP contribution in [0.15, 0.2) is 12.3 Å². The van der Waals surface area contributed by atoms with Crippen LogP contribution in [0, 0.1) is 5.92 Å². The minimum Gasteiger partial charge on any atom is -0.317 e. The molecule has 1 aromatic heterocycles. The number of hydrogen-bond acceptors (Lipinski definition) is 2. The van der Waals surface area contributed by atoms with Crippen LogP contribution in [0.25, 0.3) is 0 Å². The molecule has 16 heavy (non-hydrogen) atoms. The first-order valence-corrected chi connectivity index (χ1v) is 6.66. The van der Waals surface area contributed by atoms with E-state index >= 15 is 0 Å². The summed E-state index contributed by atoms with van der Waals surface area (Å²) in [6, 6.07) is 2.23. The van der Waals surface area contributed by atoms with Gasteiger partial charge in [-0.25, -0.2) is 0 Å². The van der Waals surface area contributed by atoms with Crippen LogP contribution < -0.4 is 5.32 Å². The summed E-state index contributed by atoms with van der Waals surface area (Å²) in [5.41, 5.74) is 1.48. The lowest BCUT2D eigenvalue weighted by molar-refractivity contribution is 0.259. The Morgan fingerprint density at radius 1 is 1.25 bits per heavy atom. The van der Waals surface area contributed by atoms with Crippen molar-refractivity contribution >= 4 is 0 Å². The van der Waals surface area contributed by atoms with Gasteiger partial charge < -0.3 is 5.32 Å². The highest BCUT2D eigenvalue weighted by atomic mass is 15.3. The smallest absolute Gasteiger partial charge is 0.0492 e. The van der Waals surface area contributed by atoms with Gasteiger partial charge in [-0.05, 0) is 50.8 Å². The SMILES string of the molecule is c1cc(C2CCNCC2)n(CC2CCC2)n1. The number of aromatic nitrogens is 2. The van der Waals surface area contributed by atoms with E-state index in [9.17, 15) is 0 Å². The van der Waals surface area contributed by atoms with E-state index in [1.165, 1.54) is 50.9 Å². The molecule has 0 unspecified atom stereocenters. The zero-order valence-electron chi connectivity index (χ0n) is 9.86. The molecule has 0 aromatic carbocycles. The Kier molecular flexibility index (Phi) is 2.96. The van der Waals surface area contributed by atoms with Crippen LogP contribution in [0.1, 0.15) is 43.7 Å². The fourth-order valence-electron chi connectivity index (χ4n) is 2.88. The molecule has 1 aliphatic carbocycles. The van der Waals surface area contributed by atoms with E-state index in [4.69, 9.17) is 0 Å². The Labute approximate surface area is 97.2 Å². The van der Waals surface area contributed by atoms with E-state index in [0.29, 0.717) is 0 Å². The van der Waals surface area contributed by atoms with Gasteiger partial charge in [0, 0.05) is 24.4 Å². The van der Waals surface area contributed by atoms with E-state index in [-0.39, 0.29) is 0 Å². The molecule has 0 radical (unpaired) electrons. The third-order valence-electron chi connectivity index (χ3n) is 4.16. The van der Waals surface area contributed by atoms with Gasteiger partial charge in [0.2, 0.25) is 0 Å². The third-order valence-corrected chi connectivity index (χ3v) is 4.16. The van der Waals surface area contributed by atoms with Gasteiger partial charge in [-0.1, -0.05) is 6.42 Å². The second-order valence-corrected chi connectivity index (χ2v) is 5.26. The number of hydrogen-bond donors (Lipinski definition) is 1. The highest BCUT2D eigenvalue weighted by molar-refractivity contribution is 5.09. The van der Waals surface area contributed by atoms with Crippen molar-refractivity contribution < 1.29 is 0 Å². The summed E-state index contributed by atoms with van der Waals surface area (Å²) in [6.07, 6.45) is 8.77. The molecule has 0 bridgehead atoms. The van der Waals surface area contributed by atoms with Crippen molar-refractivity contribution in [1.29, 1.82) is 0 Å². The van der Waals surface area contributed by atoms with E-state index in [1.807, 2.05) is 6.20 Å². The van der Waals surface area contributed by atoms with E-state index in [2.05, 4.69) is 21.2 Å². The maximum atomic E-state index is 4.51. The van der Waals surface area contributed by atoms with Crippen LogP contribution in [0.3, 0.4) is 0 Å². The highest BCUT2D eigenvalue weighted by Gasteiger charge is 2.22. The van der Waals surface area contributed by atoms with Crippen LogP contribution in [0.5, 0.6) is 0 Å². The van der Waals surface area contributed by atoms with Crippen molar-refractivity contribution in [3.63, 3.8) is 0 Å². The zero-order chi connectivity index (χ0) is 10.8. The van der Waals surface area contributed by atoms with Gasteiger partial charge in [-0.2, -0.15) is 5.10 Å². The topological polar surface area (TPSA) is 29.9 Å². The standard InChI is InChI=1S/C13H21N3/c1-2-11(3-1)10-16-13(6-9-15-16)12-4-7-14-8-5-12/h6,9,11-12,14H,1-5,7-8,10H2. The van der Waals surface area contributed by atoms with Crippen LogP contribution in [-0.2, 0) is 6.54 Å². The van der Waals surface area contributed by atoms with Gasteiger partial charge in [0.15, 0.2) is 0 Å². The van der Waals surface area contributed by atoms with Crippen LogP contribution in [0.4, 0.5) is 0 Å². The Morgan fingerprint density at radius 3 is 2.75 bits per heavy atom. The molecule has 88 valence electrons. The molecule has 2 heterocycles. The van der Waals surface area contributed by atoms with Crippen LogP contribution in [-0.4, -0.2) is 22.9 Å². The molecule has 3 heteroatoms. The fourth-order valence-corrected chi connectivity index (χ4v) is 2.88. The summed E-state index contributed by atoms with van der Waals surface area (Å²) < 4.78 is 2.28. The molecule has 1 aromatic rings. The lowest BCUT2D eigenvalue weighted by atomic mass is 9.85. The summed E-state index contributed by atoms with van der Waals surface area (Å²) in [7, 11) is 0. The minimum absolute atomic E-state index is 0.740. The Balaban J connectivity index is 1.70. The molecule has 1 aliphatic heterocycles. The van der Waals surface area contributed by atoms with Gasteiger partial charge in [0.05, 0.1) is 0 Å². The highest BCUT2D eigenvalue weighted by Crippen LogP contribution is 2.30. The molecule has 0 atom stereocenters. The normalized spacial score (nSPS) is 23.2. The molecular weight excluding hydrogens is 198 g/mol. The summed E-state index contributed by atoms with van der Waals surface area (Å²) in [5.74, 6) is 1.64. The summed E-state index contributed by atoms with van der Waals surface area (Å²) >= 11 is 0. The van der Waals surface area contributed by atoms with E-state index < -0.39 is 0 Å². The predicted octanol–water partition coefficient (Wildman–Crippen LogP) is 2.15. The summed E-state index contributed by atoms with van der Waals surface area (Å²) in [6.45, 7) is 3.49. The van der Waals surface area contributed by atoms with Gasteiger partial charge in [-0.3, -0.25) is 4.68 Å². The maximum absolute atomic E-state index is 4.51. The van der Waals surface area contributed by atoms with Crippen molar-refractivity contribution in [3.8, 4) is 0 Å². The average Bonchev–Trinajstić information content (AvgIpc) is 2.73. The van der Waals surface area contributed by atoms with Gasteiger partial charge >= 0.3 is 0 Å². The first-order valence-electron chi connectivity index (χ1n) is 6.66. The van der Waals surface area contributed by atoms with Gasteiger partial charge in [0.1, 0.15) is 0 Å². The molecule has 1 N–H and O–H groups in total. The van der Waals surface area contributed by atoms with Crippen LogP contribution >= 0.6 is 0 Å². The molecule has 3 rings (SSSR count). The maximum Gasteiger partial charge on any atom is 0.0492 e.